The highest BCUT2D eigenvalue weighted by atomic mass is 79.9. The summed E-state index contributed by atoms with van der Waals surface area (Å²) in [4.78, 5) is 10.9. The van der Waals surface area contributed by atoms with E-state index in [0.29, 0.717) is 5.88 Å². The van der Waals surface area contributed by atoms with E-state index in [1.807, 2.05) is 0 Å². The monoisotopic (exact) mass is 219 g/mol. The van der Waals surface area contributed by atoms with E-state index in [9.17, 15) is 4.79 Å². The molecule has 0 saturated carbocycles. The molecule has 0 bridgehead atoms. The molecule has 0 aliphatic carbocycles. The maximum atomic E-state index is 10.9. The van der Waals surface area contributed by atoms with Crippen LogP contribution in [0.5, 0.6) is 5.88 Å². The highest BCUT2D eigenvalue weighted by Crippen LogP contribution is 2.11. The zero-order chi connectivity index (χ0) is 8.27. The highest BCUT2D eigenvalue weighted by molar-refractivity contribution is 9.09. The molecule has 0 saturated heterocycles. The Labute approximate surface area is 71.6 Å². The van der Waals surface area contributed by atoms with Crippen LogP contribution < -0.4 is 4.74 Å². The molecule has 1 rings (SSSR count). The standard InChI is InChI=1S/C6H6BrNO3/c1-10-6-2-5(11-8-6)4(9)3-7/h2H,3H2,1H3. The molecule has 5 heteroatoms. The van der Waals surface area contributed by atoms with E-state index < -0.39 is 0 Å². The molecule has 1 aromatic heterocycles. The van der Waals surface area contributed by atoms with E-state index in [-0.39, 0.29) is 16.9 Å². The second-order valence-electron chi connectivity index (χ2n) is 1.79. The van der Waals surface area contributed by atoms with E-state index in [4.69, 9.17) is 4.74 Å². The summed E-state index contributed by atoms with van der Waals surface area (Å²) in [5.74, 6) is 0.369. The van der Waals surface area contributed by atoms with Gasteiger partial charge in [0.15, 0.2) is 0 Å². The Hall–Kier alpha value is -0.840. The van der Waals surface area contributed by atoms with Crippen molar-refractivity contribution in [2.45, 2.75) is 0 Å². The van der Waals surface area contributed by atoms with Crippen molar-refractivity contribution >= 4 is 21.7 Å². The molecule has 0 fully saturated rings. The van der Waals surface area contributed by atoms with Gasteiger partial charge in [-0.3, -0.25) is 4.79 Å². The van der Waals surface area contributed by atoms with Crippen molar-refractivity contribution < 1.29 is 14.1 Å². The van der Waals surface area contributed by atoms with Crippen molar-refractivity contribution in [3.63, 3.8) is 0 Å². The smallest absolute Gasteiger partial charge is 0.254 e. The SMILES string of the molecule is COc1cc(C(=O)CBr)on1. The van der Waals surface area contributed by atoms with Crippen molar-refractivity contribution in [3.8, 4) is 5.88 Å². The lowest BCUT2D eigenvalue weighted by Gasteiger charge is -1.84. The first-order valence-corrected chi connectivity index (χ1v) is 4.00. The fourth-order valence-corrected chi connectivity index (χ4v) is 0.829. The third-order valence-electron chi connectivity index (χ3n) is 1.09. The summed E-state index contributed by atoms with van der Waals surface area (Å²) in [6.45, 7) is 0. The van der Waals surface area contributed by atoms with Crippen LogP contribution in [-0.4, -0.2) is 23.4 Å². The number of halogens is 1. The van der Waals surface area contributed by atoms with E-state index in [0.717, 1.165) is 0 Å². The highest BCUT2D eigenvalue weighted by Gasteiger charge is 2.10. The molecule has 0 N–H and O–H groups in total. The number of methoxy groups -OCH3 is 1. The zero-order valence-electron chi connectivity index (χ0n) is 5.83. The summed E-state index contributed by atoms with van der Waals surface area (Å²) in [5, 5.41) is 3.69. The lowest BCUT2D eigenvalue weighted by Crippen LogP contribution is -1.96. The molecule has 1 aromatic rings. The minimum absolute atomic E-state index is 0.152. The second-order valence-corrected chi connectivity index (χ2v) is 2.35. The number of Topliss-reactive ketones (excluding diaryl/α,β-unsaturated/α-hetero) is 1. The lowest BCUT2D eigenvalue weighted by molar-refractivity contribution is 0.0984. The van der Waals surface area contributed by atoms with Crippen LogP contribution in [0, 0.1) is 0 Å². The third-order valence-corrected chi connectivity index (χ3v) is 1.60. The number of hydrogen-bond acceptors (Lipinski definition) is 4. The molecule has 0 aliphatic heterocycles. The van der Waals surface area contributed by atoms with Gasteiger partial charge in [-0.2, -0.15) is 0 Å². The summed E-state index contributed by atoms with van der Waals surface area (Å²) in [6, 6.07) is 1.45. The van der Waals surface area contributed by atoms with Gasteiger partial charge < -0.3 is 9.26 Å². The number of ether oxygens (including phenoxy) is 1. The molecular weight excluding hydrogens is 214 g/mol. The Morgan fingerprint density at radius 2 is 2.64 bits per heavy atom. The minimum atomic E-state index is -0.152. The Balaban J connectivity index is 2.80. The van der Waals surface area contributed by atoms with Gasteiger partial charge in [0, 0.05) is 0 Å². The van der Waals surface area contributed by atoms with Crippen LogP contribution in [0.4, 0.5) is 0 Å². The summed E-state index contributed by atoms with van der Waals surface area (Å²) in [7, 11) is 1.46. The maximum absolute atomic E-state index is 10.9. The van der Waals surface area contributed by atoms with Crippen molar-refractivity contribution in [2.24, 2.45) is 0 Å². The summed E-state index contributed by atoms with van der Waals surface area (Å²) in [5.41, 5.74) is 0. The molecule has 1 heterocycles. The Morgan fingerprint density at radius 1 is 1.91 bits per heavy atom. The molecule has 0 amide bonds. The fourth-order valence-electron chi connectivity index (χ4n) is 0.552. The van der Waals surface area contributed by atoms with Gasteiger partial charge in [-0.05, 0) is 5.16 Å². The summed E-state index contributed by atoms with van der Waals surface area (Å²) < 4.78 is 9.37. The van der Waals surface area contributed by atoms with Gasteiger partial charge in [0.05, 0.1) is 18.5 Å². The first-order valence-electron chi connectivity index (χ1n) is 2.87. The van der Waals surface area contributed by atoms with Crippen LogP contribution in [-0.2, 0) is 0 Å². The van der Waals surface area contributed by atoms with Crippen LogP contribution >= 0.6 is 15.9 Å². The average molecular weight is 220 g/mol. The first kappa shape index (κ1) is 8.26. The number of carbonyl (C=O) groups is 1. The number of alkyl halides is 1. The molecule has 0 spiro atoms. The average Bonchev–Trinajstić information content (AvgIpc) is 2.50. The summed E-state index contributed by atoms with van der Waals surface area (Å²) in [6.07, 6.45) is 0. The maximum Gasteiger partial charge on any atom is 0.254 e. The van der Waals surface area contributed by atoms with Crippen LogP contribution in [0.3, 0.4) is 0 Å². The topological polar surface area (TPSA) is 52.3 Å². The predicted molar refractivity (Wildman–Crippen MR) is 41.2 cm³/mol. The Kier molecular flexibility index (Phi) is 2.64. The third kappa shape index (κ3) is 1.80. The van der Waals surface area contributed by atoms with Crippen molar-refractivity contribution in [2.75, 3.05) is 12.4 Å². The first-order chi connectivity index (χ1) is 5.27. The fraction of sp³-hybridized carbons (Fsp3) is 0.333. The summed E-state index contributed by atoms with van der Waals surface area (Å²) >= 11 is 3.00. The van der Waals surface area contributed by atoms with E-state index >= 15 is 0 Å². The van der Waals surface area contributed by atoms with E-state index in [1.54, 1.807) is 0 Å². The molecule has 4 nitrogen and oxygen atoms in total. The molecule has 0 aromatic carbocycles. The van der Waals surface area contributed by atoms with Gasteiger partial charge in [-0.25, -0.2) is 0 Å². The number of carbonyl (C=O) groups excluding carboxylic acids is 1. The largest absolute Gasteiger partial charge is 0.479 e. The van der Waals surface area contributed by atoms with Crippen LogP contribution in [0.1, 0.15) is 10.6 Å². The molecule has 11 heavy (non-hydrogen) atoms. The van der Waals surface area contributed by atoms with Gasteiger partial charge >= 0.3 is 0 Å². The quantitative estimate of drug-likeness (QED) is 0.568. The molecule has 0 aliphatic rings. The van der Waals surface area contributed by atoms with E-state index in [2.05, 4.69) is 25.6 Å². The number of rotatable bonds is 3. The van der Waals surface area contributed by atoms with Crippen LogP contribution in [0.25, 0.3) is 0 Å². The molecule has 0 radical (unpaired) electrons. The predicted octanol–water partition coefficient (Wildman–Crippen LogP) is 1.26. The molecule has 0 atom stereocenters. The van der Waals surface area contributed by atoms with Crippen molar-refractivity contribution in [3.05, 3.63) is 11.8 Å². The number of nitrogens with zero attached hydrogens (tertiary/aromatic N) is 1. The van der Waals surface area contributed by atoms with Gasteiger partial charge in [-0.15, -0.1) is 0 Å². The molecular formula is C6H6BrNO3. The van der Waals surface area contributed by atoms with Gasteiger partial charge in [0.25, 0.3) is 5.88 Å². The molecule has 60 valence electrons. The number of hydrogen-bond donors (Lipinski definition) is 0. The number of ketones is 1. The number of aromatic nitrogens is 1. The zero-order valence-corrected chi connectivity index (χ0v) is 7.42. The molecule has 0 unspecified atom stereocenters. The van der Waals surface area contributed by atoms with Crippen molar-refractivity contribution in [1.82, 2.24) is 5.16 Å². The Bertz CT molecular complexity index is 258. The van der Waals surface area contributed by atoms with E-state index in [1.165, 1.54) is 13.2 Å². The van der Waals surface area contributed by atoms with Crippen molar-refractivity contribution in [1.29, 1.82) is 0 Å². The normalized spacial score (nSPS) is 9.64. The lowest BCUT2D eigenvalue weighted by atomic mass is 10.3. The van der Waals surface area contributed by atoms with Gasteiger partial charge in [-0.1, -0.05) is 15.9 Å². The minimum Gasteiger partial charge on any atom is -0.479 e. The van der Waals surface area contributed by atoms with Crippen LogP contribution in [0.2, 0.25) is 0 Å². The van der Waals surface area contributed by atoms with Gasteiger partial charge in [0.1, 0.15) is 0 Å². The Morgan fingerprint density at radius 3 is 3.09 bits per heavy atom. The second kappa shape index (κ2) is 3.52. The van der Waals surface area contributed by atoms with Crippen LogP contribution in [0.15, 0.2) is 10.6 Å². The van der Waals surface area contributed by atoms with Gasteiger partial charge in [0.2, 0.25) is 11.5 Å².